The van der Waals surface area contributed by atoms with Crippen LogP contribution in [0.3, 0.4) is 0 Å². The fourth-order valence-electron chi connectivity index (χ4n) is 2.60. The number of rotatable bonds is 2. The van der Waals surface area contributed by atoms with E-state index in [0.29, 0.717) is 5.82 Å². The van der Waals surface area contributed by atoms with Gasteiger partial charge in [-0.25, -0.2) is 4.68 Å². The van der Waals surface area contributed by atoms with E-state index in [1.54, 1.807) is 19.2 Å². The lowest BCUT2D eigenvalue weighted by atomic mass is 9.89. The lowest BCUT2D eigenvalue weighted by Crippen LogP contribution is -2.38. The van der Waals surface area contributed by atoms with Gasteiger partial charge in [0.25, 0.3) is 0 Å². The third-order valence-electron chi connectivity index (χ3n) is 3.64. The number of aromatic nitrogens is 4. The van der Waals surface area contributed by atoms with Crippen molar-refractivity contribution in [2.75, 3.05) is 6.54 Å². The molecule has 106 valence electrons. The first-order valence-electron chi connectivity index (χ1n) is 6.34. The molecule has 2 heterocycles. The maximum atomic E-state index is 9.70. The predicted octanol–water partition coefficient (Wildman–Crippen LogP) is -0.492. The van der Waals surface area contributed by atoms with Crippen LogP contribution in [0.15, 0.2) is 12.1 Å². The van der Waals surface area contributed by atoms with Gasteiger partial charge in [0.2, 0.25) is 0 Å². The van der Waals surface area contributed by atoms with Gasteiger partial charge in [0.15, 0.2) is 17.3 Å². The van der Waals surface area contributed by atoms with Crippen LogP contribution in [-0.2, 0) is 13.5 Å². The lowest BCUT2D eigenvalue weighted by Gasteiger charge is -2.30. The van der Waals surface area contributed by atoms with E-state index >= 15 is 0 Å². The average molecular weight is 276 g/mol. The number of hydrogen-bond acceptors (Lipinski definition) is 7. The maximum absolute atomic E-state index is 9.70. The Morgan fingerprint density at radius 2 is 2.15 bits per heavy atom. The summed E-state index contributed by atoms with van der Waals surface area (Å²) in [5, 5.41) is 33.9. The first-order chi connectivity index (χ1) is 9.58. The van der Waals surface area contributed by atoms with Crippen LogP contribution in [0.2, 0.25) is 0 Å². The van der Waals surface area contributed by atoms with Crippen LogP contribution in [0.1, 0.15) is 29.0 Å². The van der Waals surface area contributed by atoms with E-state index in [9.17, 15) is 10.2 Å². The van der Waals surface area contributed by atoms with Crippen LogP contribution in [0.25, 0.3) is 0 Å². The molecule has 2 atom stereocenters. The molecule has 0 bridgehead atoms. The normalized spacial score (nSPS) is 19.6. The van der Waals surface area contributed by atoms with Crippen LogP contribution < -0.4 is 11.1 Å². The molecule has 3 rings (SSSR count). The Kier molecular flexibility index (Phi) is 3.03. The number of phenols is 2. The minimum Gasteiger partial charge on any atom is -0.504 e. The molecule has 1 aromatic heterocycles. The van der Waals surface area contributed by atoms with Crippen molar-refractivity contribution in [3.05, 3.63) is 29.1 Å². The fraction of sp³-hybridized carbons (Fsp3) is 0.417. The van der Waals surface area contributed by atoms with Crippen molar-refractivity contribution in [3.63, 3.8) is 0 Å². The summed E-state index contributed by atoms with van der Waals surface area (Å²) in [6.45, 7) is 0.737. The quantitative estimate of drug-likeness (QED) is 0.546. The molecule has 2 unspecified atom stereocenters. The molecule has 8 heteroatoms. The van der Waals surface area contributed by atoms with Gasteiger partial charge >= 0.3 is 0 Å². The van der Waals surface area contributed by atoms with Crippen molar-refractivity contribution in [2.45, 2.75) is 18.5 Å². The van der Waals surface area contributed by atoms with E-state index in [1.807, 2.05) is 0 Å². The van der Waals surface area contributed by atoms with Gasteiger partial charge in [-0.15, -0.1) is 5.10 Å². The summed E-state index contributed by atoms with van der Waals surface area (Å²) in [4.78, 5) is 0. The van der Waals surface area contributed by atoms with E-state index in [0.717, 1.165) is 24.1 Å². The minimum atomic E-state index is -0.446. The largest absolute Gasteiger partial charge is 0.504 e. The summed E-state index contributed by atoms with van der Waals surface area (Å²) in [5.74, 6) is 0.293. The second-order valence-corrected chi connectivity index (χ2v) is 4.91. The smallest absolute Gasteiger partial charge is 0.169 e. The first kappa shape index (κ1) is 12.8. The summed E-state index contributed by atoms with van der Waals surface area (Å²) in [6, 6.07) is 2.47. The van der Waals surface area contributed by atoms with Crippen molar-refractivity contribution >= 4 is 0 Å². The molecule has 0 saturated carbocycles. The SMILES string of the molecule is Cn1nnnc1C(N)C1NCCc2cc(O)c(O)cc21. The number of aryl methyl sites for hydroxylation is 1. The van der Waals surface area contributed by atoms with Gasteiger partial charge < -0.3 is 21.3 Å². The molecule has 1 aliphatic heterocycles. The number of nitrogens with zero attached hydrogens (tertiary/aromatic N) is 4. The van der Waals surface area contributed by atoms with Crippen LogP contribution in [0.5, 0.6) is 11.5 Å². The third-order valence-corrected chi connectivity index (χ3v) is 3.64. The Bertz CT molecular complexity index is 641. The van der Waals surface area contributed by atoms with E-state index in [1.165, 1.54) is 4.68 Å². The Labute approximate surface area is 115 Å². The van der Waals surface area contributed by atoms with Gasteiger partial charge in [0.1, 0.15) is 0 Å². The maximum Gasteiger partial charge on any atom is 0.169 e. The molecule has 0 fully saturated rings. The molecule has 0 amide bonds. The lowest BCUT2D eigenvalue weighted by molar-refractivity contribution is 0.386. The second-order valence-electron chi connectivity index (χ2n) is 4.91. The fourth-order valence-corrected chi connectivity index (χ4v) is 2.60. The number of hydrogen-bond donors (Lipinski definition) is 4. The number of fused-ring (bicyclic) bond motifs is 1. The summed E-state index contributed by atoms with van der Waals surface area (Å²) < 4.78 is 1.53. The van der Waals surface area contributed by atoms with Gasteiger partial charge in [-0.1, -0.05) is 0 Å². The molecule has 1 aromatic carbocycles. The first-order valence-corrected chi connectivity index (χ1v) is 6.34. The summed E-state index contributed by atoms with van der Waals surface area (Å²) >= 11 is 0. The summed E-state index contributed by atoms with van der Waals surface area (Å²) in [7, 11) is 1.73. The van der Waals surface area contributed by atoms with Gasteiger partial charge in [0, 0.05) is 7.05 Å². The van der Waals surface area contributed by atoms with Crippen LogP contribution in [0.4, 0.5) is 0 Å². The van der Waals surface area contributed by atoms with E-state index < -0.39 is 6.04 Å². The van der Waals surface area contributed by atoms with Crippen LogP contribution in [0, 0.1) is 0 Å². The molecule has 1 aliphatic rings. The minimum absolute atomic E-state index is 0.113. The standard InChI is InChI=1S/C12H16N6O2/c1-18-12(15-16-17-18)10(13)11-7-5-9(20)8(19)4-6(7)2-3-14-11/h4-5,10-11,14,19-20H,2-3,13H2,1H3. The number of nitrogens with one attached hydrogen (secondary N) is 1. The van der Waals surface area contributed by atoms with Crippen LogP contribution in [-0.4, -0.2) is 37.0 Å². The Balaban J connectivity index is 2.01. The highest BCUT2D eigenvalue weighted by molar-refractivity contribution is 5.48. The van der Waals surface area contributed by atoms with Crippen molar-refractivity contribution in [3.8, 4) is 11.5 Å². The van der Waals surface area contributed by atoms with Crippen molar-refractivity contribution < 1.29 is 10.2 Å². The van der Waals surface area contributed by atoms with Gasteiger partial charge in [-0.3, -0.25) is 0 Å². The zero-order valence-corrected chi connectivity index (χ0v) is 11.0. The third kappa shape index (κ3) is 1.98. The second kappa shape index (κ2) is 4.73. The molecule has 0 aliphatic carbocycles. The number of phenolic OH excluding ortho intramolecular Hbond substituents is 2. The number of benzene rings is 1. The topological polar surface area (TPSA) is 122 Å². The summed E-state index contributed by atoms with van der Waals surface area (Å²) in [6.07, 6.45) is 0.767. The van der Waals surface area contributed by atoms with E-state index in [2.05, 4.69) is 20.8 Å². The Morgan fingerprint density at radius 1 is 1.40 bits per heavy atom. The molecule has 20 heavy (non-hydrogen) atoms. The molecule has 5 N–H and O–H groups in total. The van der Waals surface area contributed by atoms with Crippen molar-refractivity contribution in [2.24, 2.45) is 12.8 Å². The molecule has 0 saturated heterocycles. The summed E-state index contributed by atoms with van der Waals surface area (Å²) in [5.41, 5.74) is 8.08. The van der Waals surface area contributed by atoms with Crippen molar-refractivity contribution in [1.29, 1.82) is 0 Å². The zero-order valence-electron chi connectivity index (χ0n) is 11.0. The van der Waals surface area contributed by atoms with Gasteiger partial charge in [0.05, 0.1) is 12.1 Å². The monoisotopic (exact) mass is 276 g/mol. The van der Waals surface area contributed by atoms with Gasteiger partial charge in [-0.05, 0) is 46.7 Å². The van der Waals surface area contributed by atoms with Crippen molar-refractivity contribution in [1.82, 2.24) is 25.5 Å². The van der Waals surface area contributed by atoms with Crippen LogP contribution >= 0.6 is 0 Å². The molecule has 0 radical (unpaired) electrons. The number of tetrazole rings is 1. The Morgan fingerprint density at radius 3 is 2.85 bits per heavy atom. The molecule has 2 aromatic rings. The average Bonchev–Trinajstić information content (AvgIpc) is 2.85. The van der Waals surface area contributed by atoms with E-state index in [4.69, 9.17) is 5.73 Å². The molecular weight excluding hydrogens is 260 g/mol. The van der Waals surface area contributed by atoms with Gasteiger partial charge in [-0.2, -0.15) is 0 Å². The van der Waals surface area contributed by atoms with E-state index in [-0.39, 0.29) is 17.5 Å². The predicted molar refractivity (Wildman–Crippen MR) is 69.9 cm³/mol. The molecular formula is C12H16N6O2. The Hall–Kier alpha value is -2.19. The number of nitrogens with two attached hydrogens (primary N) is 1. The molecule has 0 spiro atoms. The highest BCUT2D eigenvalue weighted by atomic mass is 16.3. The number of aromatic hydroxyl groups is 2. The zero-order chi connectivity index (χ0) is 14.3. The highest BCUT2D eigenvalue weighted by Crippen LogP contribution is 2.37. The molecule has 8 nitrogen and oxygen atoms in total. The highest BCUT2D eigenvalue weighted by Gasteiger charge is 2.30.